The number of nitrogens with zero attached hydrogens (tertiary/aromatic N) is 4. The summed E-state index contributed by atoms with van der Waals surface area (Å²) in [5.74, 6) is -0.00319. The summed E-state index contributed by atoms with van der Waals surface area (Å²) in [5.41, 5.74) is 7.15. The number of aromatic nitrogens is 3. The lowest BCUT2D eigenvalue weighted by molar-refractivity contribution is 0.462. The minimum absolute atomic E-state index is 0.00319. The second-order valence-corrected chi connectivity index (χ2v) is 6.60. The summed E-state index contributed by atoms with van der Waals surface area (Å²) in [6.45, 7) is 2.04. The molecule has 0 atom stereocenters. The van der Waals surface area contributed by atoms with Gasteiger partial charge in [0.05, 0.1) is 12.2 Å². The van der Waals surface area contributed by atoms with Crippen molar-refractivity contribution >= 4 is 15.8 Å². The average Bonchev–Trinajstić information content (AvgIpc) is 2.69. The molecule has 0 amide bonds. The first-order valence-corrected chi connectivity index (χ1v) is 7.42. The van der Waals surface area contributed by atoms with Crippen LogP contribution in [0.15, 0.2) is 29.3 Å². The van der Waals surface area contributed by atoms with Gasteiger partial charge in [-0.15, -0.1) is 0 Å². The van der Waals surface area contributed by atoms with Crippen LogP contribution in [0.5, 0.6) is 0 Å². The van der Waals surface area contributed by atoms with E-state index in [2.05, 4.69) is 10.1 Å². The summed E-state index contributed by atoms with van der Waals surface area (Å²) in [6, 6.07) is 5.49. The molecule has 0 fully saturated rings. The van der Waals surface area contributed by atoms with Gasteiger partial charge in [0.25, 0.3) is 0 Å². The molecule has 108 valence electrons. The molecule has 20 heavy (non-hydrogen) atoms. The Balaban J connectivity index is 2.28. The van der Waals surface area contributed by atoms with Crippen LogP contribution in [0.25, 0.3) is 0 Å². The number of sulfonamides is 1. The van der Waals surface area contributed by atoms with Crippen LogP contribution in [0.3, 0.4) is 0 Å². The molecular weight excluding hydrogens is 278 g/mol. The topological polar surface area (TPSA) is 94.1 Å². The molecule has 0 bridgehead atoms. The van der Waals surface area contributed by atoms with Crippen molar-refractivity contribution in [2.75, 3.05) is 12.8 Å². The number of nitrogen functional groups attached to an aromatic ring is 1. The number of nitrogens with two attached hydrogens (primary N) is 1. The standard InChI is InChI=1S/C12H17N5O2S/c1-9-5-4-6-10(14-9)7-17(3)20(18,19)11-8-16(2)15-12(11)13/h4-6,8H,7H2,1-3H3,(H2,13,15). The Kier molecular flexibility index (Phi) is 3.78. The van der Waals surface area contributed by atoms with Gasteiger partial charge in [-0.3, -0.25) is 9.67 Å². The second kappa shape index (κ2) is 5.22. The highest BCUT2D eigenvalue weighted by atomic mass is 32.2. The van der Waals surface area contributed by atoms with Gasteiger partial charge in [0.1, 0.15) is 4.90 Å². The van der Waals surface area contributed by atoms with Crippen molar-refractivity contribution in [1.82, 2.24) is 19.1 Å². The zero-order valence-electron chi connectivity index (χ0n) is 11.6. The number of rotatable bonds is 4. The fraction of sp³-hybridized carbons (Fsp3) is 0.333. The van der Waals surface area contributed by atoms with Crippen LogP contribution >= 0.6 is 0 Å². The second-order valence-electron chi connectivity index (χ2n) is 4.58. The summed E-state index contributed by atoms with van der Waals surface area (Å²) < 4.78 is 27.4. The van der Waals surface area contributed by atoms with E-state index in [0.717, 1.165) is 5.69 Å². The molecule has 0 aromatic carbocycles. The van der Waals surface area contributed by atoms with Gasteiger partial charge in [-0.25, -0.2) is 8.42 Å². The van der Waals surface area contributed by atoms with Gasteiger partial charge in [0.2, 0.25) is 10.0 Å². The predicted octanol–water partition coefficient (Wildman–Crippen LogP) is 0.526. The Morgan fingerprint density at radius 2 is 2.10 bits per heavy atom. The van der Waals surface area contributed by atoms with Gasteiger partial charge in [-0.1, -0.05) is 6.07 Å². The molecule has 0 saturated heterocycles. The molecular formula is C12H17N5O2S. The molecule has 2 N–H and O–H groups in total. The predicted molar refractivity (Wildman–Crippen MR) is 75.2 cm³/mol. The maximum Gasteiger partial charge on any atom is 0.248 e. The third kappa shape index (κ3) is 2.81. The van der Waals surface area contributed by atoms with E-state index >= 15 is 0 Å². The third-order valence-electron chi connectivity index (χ3n) is 2.84. The maximum absolute atomic E-state index is 12.4. The van der Waals surface area contributed by atoms with E-state index in [1.165, 1.54) is 22.2 Å². The maximum atomic E-state index is 12.4. The highest BCUT2D eigenvalue weighted by Crippen LogP contribution is 2.20. The van der Waals surface area contributed by atoms with Crippen LogP contribution in [0.1, 0.15) is 11.4 Å². The van der Waals surface area contributed by atoms with Crippen LogP contribution < -0.4 is 5.73 Å². The Morgan fingerprint density at radius 1 is 1.40 bits per heavy atom. The lowest BCUT2D eigenvalue weighted by Crippen LogP contribution is -2.27. The van der Waals surface area contributed by atoms with Crippen molar-refractivity contribution in [2.24, 2.45) is 7.05 Å². The Hall–Kier alpha value is -1.93. The lowest BCUT2D eigenvalue weighted by Gasteiger charge is -2.16. The molecule has 7 nitrogen and oxygen atoms in total. The van der Waals surface area contributed by atoms with Gasteiger partial charge in [-0.05, 0) is 19.1 Å². The van der Waals surface area contributed by atoms with Gasteiger partial charge in [-0.2, -0.15) is 9.40 Å². The number of hydrogen-bond donors (Lipinski definition) is 1. The first-order valence-electron chi connectivity index (χ1n) is 5.98. The first-order chi connectivity index (χ1) is 9.30. The lowest BCUT2D eigenvalue weighted by atomic mass is 10.3. The largest absolute Gasteiger partial charge is 0.381 e. The molecule has 2 rings (SSSR count). The monoisotopic (exact) mass is 295 g/mol. The Labute approximate surface area is 118 Å². The van der Waals surface area contributed by atoms with Crippen LogP contribution in [0.4, 0.5) is 5.82 Å². The van der Waals surface area contributed by atoms with Crippen molar-refractivity contribution in [3.05, 3.63) is 35.8 Å². The summed E-state index contributed by atoms with van der Waals surface area (Å²) in [5, 5.41) is 3.85. The van der Waals surface area contributed by atoms with E-state index in [-0.39, 0.29) is 17.3 Å². The zero-order valence-corrected chi connectivity index (χ0v) is 12.4. The SMILES string of the molecule is Cc1cccc(CN(C)S(=O)(=O)c2cn(C)nc2N)n1. The fourth-order valence-electron chi connectivity index (χ4n) is 1.85. The zero-order chi connectivity index (χ0) is 14.9. The average molecular weight is 295 g/mol. The minimum Gasteiger partial charge on any atom is -0.381 e. The summed E-state index contributed by atoms with van der Waals surface area (Å²) in [6.07, 6.45) is 1.39. The molecule has 0 saturated carbocycles. The molecule has 0 unspecified atom stereocenters. The van der Waals surface area contributed by atoms with Gasteiger partial charge in [0.15, 0.2) is 5.82 Å². The van der Waals surface area contributed by atoms with Gasteiger partial charge >= 0.3 is 0 Å². The van der Waals surface area contributed by atoms with Crippen molar-refractivity contribution < 1.29 is 8.42 Å². The number of pyridine rings is 1. The summed E-state index contributed by atoms with van der Waals surface area (Å²) >= 11 is 0. The molecule has 0 radical (unpaired) electrons. The van der Waals surface area contributed by atoms with Crippen molar-refractivity contribution in [3.63, 3.8) is 0 Å². The first kappa shape index (κ1) is 14.5. The summed E-state index contributed by atoms with van der Waals surface area (Å²) in [7, 11) is -0.561. The molecule has 0 spiro atoms. The van der Waals surface area contributed by atoms with Crippen LogP contribution in [-0.4, -0.2) is 34.5 Å². The summed E-state index contributed by atoms with van der Waals surface area (Å²) in [4.78, 5) is 4.30. The Morgan fingerprint density at radius 3 is 2.65 bits per heavy atom. The highest BCUT2D eigenvalue weighted by molar-refractivity contribution is 7.89. The van der Waals surface area contributed by atoms with Crippen LogP contribution in [-0.2, 0) is 23.6 Å². The number of aryl methyl sites for hydroxylation is 2. The Bertz CT molecular complexity index is 723. The molecule has 2 aromatic heterocycles. The quantitative estimate of drug-likeness (QED) is 0.887. The van der Waals surface area contributed by atoms with E-state index in [9.17, 15) is 8.42 Å². The molecule has 2 heterocycles. The molecule has 0 aliphatic rings. The molecule has 0 aliphatic heterocycles. The van der Waals surface area contributed by atoms with E-state index in [0.29, 0.717) is 5.69 Å². The molecule has 0 aliphatic carbocycles. The van der Waals surface area contributed by atoms with Crippen molar-refractivity contribution in [3.8, 4) is 0 Å². The van der Waals surface area contributed by atoms with E-state index in [1.807, 2.05) is 19.1 Å². The normalized spacial score (nSPS) is 12.0. The van der Waals surface area contributed by atoms with E-state index in [4.69, 9.17) is 5.73 Å². The van der Waals surface area contributed by atoms with Gasteiger partial charge < -0.3 is 5.73 Å². The fourth-order valence-corrected chi connectivity index (χ4v) is 3.08. The third-order valence-corrected chi connectivity index (χ3v) is 4.66. The van der Waals surface area contributed by atoms with Gasteiger partial charge in [0, 0.05) is 26.0 Å². The number of hydrogen-bond acceptors (Lipinski definition) is 5. The van der Waals surface area contributed by atoms with Crippen molar-refractivity contribution in [1.29, 1.82) is 0 Å². The van der Waals surface area contributed by atoms with Crippen LogP contribution in [0, 0.1) is 6.92 Å². The smallest absolute Gasteiger partial charge is 0.248 e. The molecule has 2 aromatic rings. The minimum atomic E-state index is -3.67. The van der Waals surface area contributed by atoms with E-state index < -0.39 is 10.0 Å². The van der Waals surface area contributed by atoms with E-state index in [1.54, 1.807) is 13.1 Å². The number of anilines is 1. The van der Waals surface area contributed by atoms with Crippen molar-refractivity contribution in [2.45, 2.75) is 18.4 Å². The van der Waals surface area contributed by atoms with Crippen LogP contribution in [0.2, 0.25) is 0 Å². The molecule has 8 heteroatoms. The highest BCUT2D eigenvalue weighted by Gasteiger charge is 2.26.